The Labute approximate surface area is 150 Å². The van der Waals surface area contributed by atoms with Crippen molar-refractivity contribution in [3.63, 3.8) is 0 Å². The molecule has 0 aliphatic heterocycles. The highest BCUT2D eigenvalue weighted by atomic mass is 16.5. The molecular weight excluding hydrogens is 332 g/mol. The van der Waals surface area contributed by atoms with Crippen LogP contribution in [0, 0.1) is 5.92 Å². The van der Waals surface area contributed by atoms with Gasteiger partial charge in [0.15, 0.2) is 11.2 Å². The molecule has 0 saturated heterocycles. The van der Waals surface area contributed by atoms with Crippen LogP contribution < -0.4 is 5.32 Å². The number of para-hydroxylation sites is 2. The van der Waals surface area contributed by atoms with Gasteiger partial charge in [-0.05, 0) is 36.5 Å². The zero-order valence-electron chi connectivity index (χ0n) is 14.2. The summed E-state index contributed by atoms with van der Waals surface area (Å²) in [6.07, 6.45) is 1.16. The molecule has 0 bridgehead atoms. The predicted molar refractivity (Wildman–Crippen MR) is 95.3 cm³/mol. The van der Waals surface area contributed by atoms with Crippen LogP contribution in [0.2, 0.25) is 0 Å². The van der Waals surface area contributed by atoms with E-state index in [4.69, 9.17) is 9.15 Å². The van der Waals surface area contributed by atoms with Crippen LogP contribution in [-0.4, -0.2) is 22.7 Å². The topological polar surface area (TPSA) is 84.6 Å². The lowest BCUT2D eigenvalue weighted by atomic mass is 9.98. The highest BCUT2D eigenvalue weighted by Gasteiger charge is 2.49. The highest BCUT2D eigenvalue weighted by molar-refractivity contribution is 5.72. The normalized spacial score (nSPS) is 16.2. The van der Waals surface area contributed by atoms with Crippen molar-refractivity contribution in [2.45, 2.75) is 25.0 Å². The fraction of sp³-hybridized carbons (Fsp3) is 0.300. The Morgan fingerprint density at radius 2 is 1.92 bits per heavy atom. The molecule has 4 rings (SSSR count). The molecule has 6 heteroatoms. The number of hydrogen-bond acceptors (Lipinski definition) is 5. The first kappa shape index (κ1) is 16.6. The Morgan fingerprint density at radius 1 is 1.19 bits per heavy atom. The van der Waals surface area contributed by atoms with Gasteiger partial charge in [0.1, 0.15) is 12.1 Å². The maximum absolute atomic E-state index is 12.0. The number of oxazole rings is 1. The molecule has 26 heavy (non-hydrogen) atoms. The van der Waals surface area contributed by atoms with E-state index in [1.807, 2.05) is 48.5 Å². The first-order valence-electron chi connectivity index (χ1n) is 8.68. The summed E-state index contributed by atoms with van der Waals surface area (Å²) in [5.41, 5.74) is 0.880. The number of ether oxygens (including phenoxy) is 1. The molecule has 3 aromatic rings. The molecule has 2 N–H and O–H groups in total. The number of carbonyl (C=O) groups excluding carboxylic acids is 1. The first-order valence-corrected chi connectivity index (χ1v) is 8.68. The summed E-state index contributed by atoms with van der Waals surface area (Å²) < 4.78 is 10.9. The average molecular weight is 352 g/mol. The molecule has 1 aliphatic rings. The molecule has 1 aliphatic carbocycles. The van der Waals surface area contributed by atoms with Crippen LogP contribution in [0.25, 0.3) is 11.1 Å². The number of alkyl carbamates (subject to hydrolysis) is 1. The number of hydrogen-bond donors (Lipinski definition) is 2. The van der Waals surface area contributed by atoms with E-state index in [1.54, 1.807) is 6.07 Å². The summed E-state index contributed by atoms with van der Waals surface area (Å²) in [4.78, 5) is 16.4. The largest absolute Gasteiger partial charge is 0.445 e. The lowest BCUT2D eigenvalue weighted by Crippen LogP contribution is -2.42. The minimum Gasteiger partial charge on any atom is -0.445 e. The second-order valence-corrected chi connectivity index (χ2v) is 6.60. The third-order valence-corrected chi connectivity index (χ3v) is 4.63. The van der Waals surface area contributed by atoms with E-state index in [-0.39, 0.29) is 25.0 Å². The number of nitrogens with zero attached hydrogens (tertiary/aromatic N) is 1. The molecule has 0 spiro atoms. The van der Waals surface area contributed by atoms with E-state index < -0.39 is 11.7 Å². The Bertz CT molecular complexity index is 871. The van der Waals surface area contributed by atoms with Gasteiger partial charge in [-0.25, -0.2) is 9.78 Å². The highest BCUT2D eigenvalue weighted by Crippen LogP contribution is 2.45. The van der Waals surface area contributed by atoms with Crippen molar-refractivity contribution in [2.24, 2.45) is 5.92 Å². The molecule has 0 unspecified atom stereocenters. The van der Waals surface area contributed by atoms with Crippen LogP contribution in [0.3, 0.4) is 0 Å². The molecule has 0 radical (unpaired) electrons. The summed E-state index contributed by atoms with van der Waals surface area (Å²) in [5.74, 6) is 0.259. The van der Waals surface area contributed by atoms with Crippen LogP contribution in [0.5, 0.6) is 0 Å². The predicted octanol–water partition coefficient (Wildman–Crippen LogP) is 3.35. The van der Waals surface area contributed by atoms with E-state index in [9.17, 15) is 9.90 Å². The molecule has 1 heterocycles. The zero-order valence-corrected chi connectivity index (χ0v) is 14.2. The van der Waals surface area contributed by atoms with Gasteiger partial charge >= 0.3 is 6.09 Å². The minimum atomic E-state index is -1.33. The fourth-order valence-corrected chi connectivity index (χ4v) is 2.99. The Hall–Kier alpha value is -2.86. The van der Waals surface area contributed by atoms with Gasteiger partial charge in [0.05, 0.1) is 6.54 Å². The maximum atomic E-state index is 12.0. The van der Waals surface area contributed by atoms with Crippen LogP contribution in [0.15, 0.2) is 59.0 Å². The molecule has 2 aromatic carbocycles. The molecular formula is C20H20N2O4. The number of benzene rings is 2. The van der Waals surface area contributed by atoms with Crippen molar-refractivity contribution in [3.05, 3.63) is 66.1 Å². The van der Waals surface area contributed by atoms with Crippen molar-refractivity contribution in [1.29, 1.82) is 0 Å². The monoisotopic (exact) mass is 352 g/mol. The second kappa shape index (κ2) is 6.80. The standard InChI is InChI=1S/C20H20N2O4/c23-19(25-12-14-6-2-1-3-7-14)21-13-20(24,15-10-11-15)18-22-16-8-4-5-9-17(16)26-18/h1-9,15,24H,10-13H2,(H,21,23)/t20-/m0/s1. The van der Waals surface area contributed by atoms with Crippen molar-refractivity contribution in [3.8, 4) is 0 Å². The van der Waals surface area contributed by atoms with Gasteiger partial charge in [0.2, 0.25) is 5.89 Å². The number of rotatable bonds is 6. The zero-order chi connectivity index (χ0) is 18.0. The molecule has 1 atom stereocenters. The summed E-state index contributed by atoms with van der Waals surface area (Å²) in [6, 6.07) is 16.8. The number of aliphatic hydroxyl groups is 1. The van der Waals surface area contributed by atoms with E-state index >= 15 is 0 Å². The van der Waals surface area contributed by atoms with Crippen molar-refractivity contribution in [2.75, 3.05) is 6.54 Å². The smallest absolute Gasteiger partial charge is 0.407 e. The van der Waals surface area contributed by atoms with Gasteiger partial charge in [-0.1, -0.05) is 42.5 Å². The first-order chi connectivity index (χ1) is 12.6. The van der Waals surface area contributed by atoms with Gasteiger partial charge in [-0.3, -0.25) is 0 Å². The van der Waals surface area contributed by atoms with Crippen molar-refractivity contribution in [1.82, 2.24) is 10.3 Å². The SMILES string of the molecule is O=C(NC[C@@](O)(c1nc2ccccc2o1)C1CC1)OCc1ccccc1. The lowest BCUT2D eigenvalue weighted by molar-refractivity contribution is -0.0109. The molecule has 1 fully saturated rings. The third-order valence-electron chi connectivity index (χ3n) is 4.63. The van der Waals surface area contributed by atoms with Crippen LogP contribution in [0.4, 0.5) is 4.79 Å². The lowest BCUT2D eigenvalue weighted by Gasteiger charge is -2.24. The van der Waals surface area contributed by atoms with Gasteiger partial charge in [-0.15, -0.1) is 0 Å². The number of aromatic nitrogens is 1. The van der Waals surface area contributed by atoms with Gasteiger partial charge in [-0.2, -0.15) is 0 Å². The van der Waals surface area contributed by atoms with E-state index in [1.165, 1.54) is 0 Å². The Balaban J connectivity index is 1.42. The summed E-state index contributed by atoms with van der Waals surface area (Å²) in [6.45, 7) is 0.176. The molecule has 6 nitrogen and oxygen atoms in total. The molecule has 1 amide bonds. The van der Waals surface area contributed by atoms with E-state index in [0.717, 1.165) is 18.4 Å². The van der Waals surface area contributed by atoms with Gasteiger partial charge in [0.25, 0.3) is 0 Å². The Kier molecular flexibility index (Phi) is 4.34. The molecule has 1 aromatic heterocycles. The van der Waals surface area contributed by atoms with E-state index in [0.29, 0.717) is 11.1 Å². The molecule has 134 valence electrons. The fourth-order valence-electron chi connectivity index (χ4n) is 2.99. The second-order valence-electron chi connectivity index (χ2n) is 6.60. The quantitative estimate of drug-likeness (QED) is 0.711. The minimum absolute atomic E-state index is 0.00187. The summed E-state index contributed by atoms with van der Waals surface area (Å²) in [5, 5.41) is 13.8. The van der Waals surface area contributed by atoms with Crippen LogP contribution in [0.1, 0.15) is 24.3 Å². The van der Waals surface area contributed by atoms with Gasteiger partial charge < -0.3 is 19.6 Å². The number of carbonyl (C=O) groups is 1. The van der Waals surface area contributed by atoms with E-state index in [2.05, 4.69) is 10.3 Å². The third kappa shape index (κ3) is 3.41. The summed E-state index contributed by atoms with van der Waals surface area (Å²) in [7, 11) is 0. The van der Waals surface area contributed by atoms with Gasteiger partial charge in [0, 0.05) is 0 Å². The maximum Gasteiger partial charge on any atom is 0.407 e. The number of fused-ring (bicyclic) bond motifs is 1. The summed E-state index contributed by atoms with van der Waals surface area (Å²) >= 11 is 0. The number of amides is 1. The van der Waals surface area contributed by atoms with Crippen LogP contribution in [-0.2, 0) is 16.9 Å². The Morgan fingerprint density at radius 3 is 2.65 bits per heavy atom. The molecule has 1 saturated carbocycles. The van der Waals surface area contributed by atoms with Crippen molar-refractivity contribution >= 4 is 17.2 Å². The number of nitrogens with one attached hydrogen (secondary N) is 1. The average Bonchev–Trinajstić information content (AvgIpc) is 3.44. The van der Waals surface area contributed by atoms with Crippen LogP contribution >= 0.6 is 0 Å². The van der Waals surface area contributed by atoms with Crippen molar-refractivity contribution < 1.29 is 19.1 Å².